The number of amides is 1. The van der Waals surface area contributed by atoms with Gasteiger partial charge in [-0.1, -0.05) is 0 Å². The molecule has 0 saturated heterocycles. The standard InChI is InChI=1S/C5H9NO3S.Pb.2H/c1-3(7)6-4(2-10)5(8)9;;;/h4,10H,2H2,1H3,(H,6,7)(H,8,9);;;/t4-;;;/m0.../s1. The Morgan fingerprint density at radius 2 is 2.09 bits per heavy atom. The normalized spacial score (nSPS) is 11.1. The second kappa shape index (κ2) is 6.89. The number of nitrogens with one attached hydrogen (secondary N) is 1. The molecule has 11 heavy (non-hydrogen) atoms. The van der Waals surface area contributed by atoms with Crippen LogP contribution >= 0.6 is 12.6 Å². The van der Waals surface area contributed by atoms with Gasteiger partial charge >= 0.3 is 33.3 Å². The van der Waals surface area contributed by atoms with Crippen LogP contribution < -0.4 is 5.32 Å². The molecule has 0 aliphatic heterocycles. The number of carboxylic acid groups (broad SMARTS) is 1. The minimum absolute atomic E-state index is 0. The van der Waals surface area contributed by atoms with E-state index >= 15 is 0 Å². The van der Waals surface area contributed by atoms with Gasteiger partial charge in [0.2, 0.25) is 5.91 Å². The Kier molecular flexibility index (Phi) is 8.64. The number of rotatable bonds is 3. The third-order valence-corrected chi connectivity index (χ3v) is 1.22. The molecular weight excluding hydrogens is 361 g/mol. The third kappa shape index (κ3) is 6.60. The van der Waals surface area contributed by atoms with E-state index < -0.39 is 12.0 Å². The van der Waals surface area contributed by atoms with Gasteiger partial charge < -0.3 is 10.4 Å². The molecule has 0 saturated carbocycles. The number of aliphatic carboxylic acids is 1. The van der Waals surface area contributed by atoms with Crippen molar-refractivity contribution in [1.29, 1.82) is 0 Å². The van der Waals surface area contributed by atoms with E-state index in [4.69, 9.17) is 5.11 Å². The molecule has 0 spiro atoms. The average Bonchev–Trinajstić information content (AvgIpc) is 1.81. The molecular formula is C5H11NO3PbS. The van der Waals surface area contributed by atoms with E-state index in [-0.39, 0.29) is 39.0 Å². The van der Waals surface area contributed by atoms with Crippen molar-refractivity contribution in [2.24, 2.45) is 0 Å². The third-order valence-electron chi connectivity index (χ3n) is 0.858. The van der Waals surface area contributed by atoms with E-state index in [9.17, 15) is 9.59 Å². The number of hydrogen-bond acceptors (Lipinski definition) is 3. The SMILES string of the molecule is CC(=O)N[C@@H](CS)C(=O)O.[PbH2]. The second-order valence-electron chi connectivity index (χ2n) is 1.77. The van der Waals surface area contributed by atoms with Gasteiger partial charge in [-0.15, -0.1) is 0 Å². The summed E-state index contributed by atoms with van der Waals surface area (Å²) in [5, 5.41) is 10.6. The van der Waals surface area contributed by atoms with Gasteiger partial charge in [-0.05, 0) is 0 Å². The number of thiol groups is 1. The molecule has 1 amide bonds. The molecule has 0 aromatic carbocycles. The second-order valence-corrected chi connectivity index (χ2v) is 2.14. The van der Waals surface area contributed by atoms with E-state index in [0.717, 1.165) is 0 Å². The number of carbonyl (C=O) groups is 2. The monoisotopic (exact) mass is 373 g/mol. The maximum atomic E-state index is 10.3. The van der Waals surface area contributed by atoms with Crippen LogP contribution in [0.2, 0.25) is 0 Å². The van der Waals surface area contributed by atoms with Crippen LogP contribution in [-0.4, -0.2) is 56.1 Å². The van der Waals surface area contributed by atoms with Crippen LogP contribution in [0.5, 0.6) is 0 Å². The number of carbonyl (C=O) groups excluding carboxylic acids is 1. The number of hydrogen-bond donors (Lipinski definition) is 3. The Hall–Kier alpha value is 0.212. The zero-order chi connectivity index (χ0) is 8.15. The van der Waals surface area contributed by atoms with E-state index in [2.05, 4.69) is 17.9 Å². The zero-order valence-electron chi connectivity index (χ0n) is 6.20. The molecule has 0 heterocycles. The molecule has 2 radical (unpaired) electrons. The zero-order valence-corrected chi connectivity index (χ0v) is 12.6. The van der Waals surface area contributed by atoms with Crippen molar-refractivity contribution >= 4 is 51.8 Å². The van der Waals surface area contributed by atoms with Crippen LogP contribution in [0.4, 0.5) is 0 Å². The summed E-state index contributed by atoms with van der Waals surface area (Å²) >= 11 is 3.73. The first-order chi connectivity index (χ1) is 4.57. The van der Waals surface area contributed by atoms with Gasteiger partial charge in [-0.3, -0.25) is 4.79 Å². The van der Waals surface area contributed by atoms with Crippen molar-refractivity contribution < 1.29 is 14.7 Å². The summed E-state index contributed by atoms with van der Waals surface area (Å²) in [6, 6.07) is -0.874. The van der Waals surface area contributed by atoms with Crippen molar-refractivity contribution in [1.82, 2.24) is 5.32 Å². The van der Waals surface area contributed by atoms with Gasteiger partial charge in [0.15, 0.2) is 0 Å². The predicted molar refractivity (Wildman–Crippen MR) is 47.6 cm³/mol. The summed E-state index contributed by atoms with van der Waals surface area (Å²) in [6.45, 7) is 1.26. The Labute approximate surface area is 90.3 Å². The molecule has 0 unspecified atom stereocenters. The molecule has 1 atom stereocenters. The first-order valence-electron chi connectivity index (χ1n) is 2.68. The van der Waals surface area contributed by atoms with E-state index in [1.807, 2.05) is 0 Å². The molecule has 4 nitrogen and oxygen atoms in total. The molecule has 0 bridgehead atoms. The maximum absolute atomic E-state index is 10.3. The molecule has 0 fully saturated rings. The molecule has 64 valence electrons. The summed E-state index contributed by atoms with van der Waals surface area (Å²) in [7, 11) is 0. The van der Waals surface area contributed by atoms with Gasteiger partial charge in [0.1, 0.15) is 6.04 Å². The Morgan fingerprint density at radius 3 is 2.18 bits per heavy atom. The van der Waals surface area contributed by atoms with Gasteiger partial charge in [0.25, 0.3) is 0 Å². The van der Waals surface area contributed by atoms with Gasteiger partial charge in [-0.2, -0.15) is 12.6 Å². The van der Waals surface area contributed by atoms with Gasteiger partial charge in [0, 0.05) is 12.7 Å². The molecule has 0 aromatic heterocycles. The molecule has 0 aromatic rings. The minimum atomic E-state index is -1.06. The first kappa shape index (κ1) is 13.8. The van der Waals surface area contributed by atoms with Crippen LogP contribution in [0, 0.1) is 0 Å². The fraction of sp³-hybridized carbons (Fsp3) is 0.600. The Balaban J connectivity index is 0. The van der Waals surface area contributed by atoms with Crippen LogP contribution in [0.25, 0.3) is 0 Å². The van der Waals surface area contributed by atoms with E-state index in [1.54, 1.807) is 0 Å². The topological polar surface area (TPSA) is 66.4 Å². The first-order valence-corrected chi connectivity index (χ1v) is 3.32. The average molecular weight is 372 g/mol. The van der Waals surface area contributed by atoms with E-state index in [0.29, 0.717) is 0 Å². The molecule has 2 N–H and O–H groups in total. The fourth-order valence-electron chi connectivity index (χ4n) is 0.431. The van der Waals surface area contributed by atoms with Crippen molar-refractivity contribution in [3.8, 4) is 0 Å². The van der Waals surface area contributed by atoms with Crippen molar-refractivity contribution in [2.45, 2.75) is 13.0 Å². The summed E-state index contributed by atoms with van der Waals surface area (Å²) in [5.74, 6) is -1.32. The molecule has 6 heteroatoms. The number of carboxylic acids is 1. The van der Waals surface area contributed by atoms with E-state index in [1.165, 1.54) is 6.92 Å². The predicted octanol–water partition coefficient (Wildman–Crippen LogP) is -1.41. The quantitative estimate of drug-likeness (QED) is 0.421. The summed E-state index contributed by atoms with van der Waals surface area (Å²) in [6.07, 6.45) is 0. The van der Waals surface area contributed by atoms with Crippen LogP contribution in [-0.2, 0) is 9.59 Å². The Morgan fingerprint density at radius 1 is 1.64 bits per heavy atom. The van der Waals surface area contributed by atoms with Crippen LogP contribution in [0.1, 0.15) is 6.92 Å². The van der Waals surface area contributed by atoms with Crippen LogP contribution in [0.15, 0.2) is 0 Å². The van der Waals surface area contributed by atoms with Crippen molar-refractivity contribution in [3.05, 3.63) is 0 Å². The fourth-order valence-corrected chi connectivity index (χ4v) is 0.678. The van der Waals surface area contributed by atoms with Crippen molar-refractivity contribution in [3.63, 3.8) is 0 Å². The Bertz CT molecular complexity index is 153. The van der Waals surface area contributed by atoms with Gasteiger partial charge in [-0.25, -0.2) is 4.79 Å². The van der Waals surface area contributed by atoms with Crippen LogP contribution in [0.3, 0.4) is 0 Å². The summed E-state index contributed by atoms with van der Waals surface area (Å²) in [4.78, 5) is 20.5. The summed E-state index contributed by atoms with van der Waals surface area (Å²) in [5.41, 5.74) is 0. The molecule has 0 aliphatic rings. The molecule has 0 aliphatic carbocycles. The molecule has 0 rings (SSSR count). The van der Waals surface area contributed by atoms with Crippen molar-refractivity contribution in [2.75, 3.05) is 5.75 Å². The summed E-state index contributed by atoms with van der Waals surface area (Å²) < 4.78 is 0. The van der Waals surface area contributed by atoms with Gasteiger partial charge in [0.05, 0.1) is 0 Å².